The molecule has 0 spiro atoms. The number of rotatable bonds is 7. The minimum atomic E-state index is 0.309. The first-order valence-corrected chi connectivity index (χ1v) is 7.97. The van der Waals surface area contributed by atoms with Crippen molar-refractivity contribution < 1.29 is 0 Å². The predicted octanol–water partition coefficient (Wildman–Crippen LogP) is 3.11. The van der Waals surface area contributed by atoms with Gasteiger partial charge >= 0.3 is 0 Å². The molecule has 1 aromatic rings. The zero-order valence-corrected chi connectivity index (χ0v) is 13.4. The van der Waals surface area contributed by atoms with Gasteiger partial charge in [0.1, 0.15) is 5.82 Å². The van der Waals surface area contributed by atoms with E-state index >= 15 is 0 Å². The Morgan fingerprint density at radius 2 is 2.16 bits per heavy atom. The van der Waals surface area contributed by atoms with Crippen LogP contribution >= 0.6 is 11.8 Å². The van der Waals surface area contributed by atoms with Crippen molar-refractivity contribution in [3.05, 3.63) is 23.9 Å². The molecule has 0 fully saturated rings. The van der Waals surface area contributed by atoms with Crippen molar-refractivity contribution in [2.75, 3.05) is 18.0 Å². The van der Waals surface area contributed by atoms with Crippen molar-refractivity contribution in [2.24, 2.45) is 0 Å². The van der Waals surface area contributed by atoms with Crippen LogP contribution in [0.2, 0.25) is 0 Å². The third kappa shape index (κ3) is 7.43. The van der Waals surface area contributed by atoms with Gasteiger partial charge in [-0.15, -0.1) is 0 Å². The predicted molar refractivity (Wildman–Crippen MR) is 86.6 cm³/mol. The van der Waals surface area contributed by atoms with Crippen LogP contribution in [0.3, 0.4) is 0 Å². The minimum Gasteiger partial charge on any atom is -0.384 e. The average Bonchev–Trinajstić information content (AvgIpc) is 2.31. The van der Waals surface area contributed by atoms with E-state index < -0.39 is 0 Å². The molecule has 1 heterocycles. The lowest BCUT2D eigenvalue weighted by molar-refractivity contribution is 0.548. The lowest BCUT2D eigenvalue weighted by atomic mass is 10.1. The van der Waals surface area contributed by atoms with E-state index in [0.717, 1.165) is 25.1 Å². The number of pyridine rings is 1. The second-order valence-electron chi connectivity index (χ2n) is 5.87. The van der Waals surface area contributed by atoms with Crippen molar-refractivity contribution >= 4 is 17.6 Å². The number of nitrogens with zero attached hydrogens (tertiary/aromatic N) is 1. The van der Waals surface area contributed by atoms with E-state index in [0.29, 0.717) is 16.6 Å². The molecule has 0 aliphatic rings. The fourth-order valence-corrected chi connectivity index (χ4v) is 2.73. The van der Waals surface area contributed by atoms with E-state index in [1.54, 1.807) is 6.20 Å². The zero-order valence-electron chi connectivity index (χ0n) is 12.6. The summed E-state index contributed by atoms with van der Waals surface area (Å²) in [7, 11) is 0. The Morgan fingerprint density at radius 3 is 2.74 bits per heavy atom. The number of aromatic nitrogens is 1. The highest BCUT2D eigenvalue weighted by Crippen LogP contribution is 2.24. The lowest BCUT2D eigenvalue weighted by Gasteiger charge is -2.24. The van der Waals surface area contributed by atoms with E-state index in [4.69, 9.17) is 5.73 Å². The molecule has 0 radical (unpaired) electrons. The second kappa shape index (κ2) is 7.75. The summed E-state index contributed by atoms with van der Waals surface area (Å²) in [4.78, 5) is 4.05. The van der Waals surface area contributed by atoms with Crippen LogP contribution in [0.15, 0.2) is 18.3 Å². The van der Waals surface area contributed by atoms with Crippen molar-refractivity contribution in [1.82, 2.24) is 10.3 Å². The van der Waals surface area contributed by atoms with Gasteiger partial charge in [0.2, 0.25) is 0 Å². The average molecular weight is 281 g/mol. The van der Waals surface area contributed by atoms with E-state index in [1.807, 2.05) is 17.8 Å². The number of anilines is 1. The summed E-state index contributed by atoms with van der Waals surface area (Å²) in [5.41, 5.74) is 7.00. The van der Waals surface area contributed by atoms with Crippen LogP contribution in [0.5, 0.6) is 0 Å². The Kier molecular flexibility index (Phi) is 6.66. The number of nitrogen functional groups attached to an aromatic ring is 1. The van der Waals surface area contributed by atoms with Gasteiger partial charge in [-0.25, -0.2) is 4.98 Å². The normalized spacial score (nSPS) is 13.5. The first-order chi connectivity index (χ1) is 8.90. The summed E-state index contributed by atoms with van der Waals surface area (Å²) < 4.78 is 0.309. The molecule has 1 aromatic heterocycles. The molecule has 4 heteroatoms. The highest BCUT2D eigenvalue weighted by Gasteiger charge is 2.16. The van der Waals surface area contributed by atoms with Crippen LogP contribution in [0.4, 0.5) is 5.82 Å². The van der Waals surface area contributed by atoms with E-state index in [-0.39, 0.29) is 0 Å². The van der Waals surface area contributed by atoms with Gasteiger partial charge < -0.3 is 11.1 Å². The third-order valence-corrected chi connectivity index (χ3v) is 4.16. The van der Waals surface area contributed by atoms with Crippen molar-refractivity contribution in [3.63, 3.8) is 0 Å². The van der Waals surface area contributed by atoms with Gasteiger partial charge in [0.25, 0.3) is 0 Å². The molecule has 0 aliphatic heterocycles. The molecule has 0 saturated carbocycles. The number of hydrogen-bond acceptors (Lipinski definition) is 4. The molecule has 0 aliphatic carbocycles. The Bertz CT molecular complexity index is 374. The quantitative estimate of drug-likeness (QED) is 0.806. The Morgan fingerprint density at radius 1 is 1.42 bits per heavy atom. The van der Waals surface area contributed by atoms with E-state index in [1.165, 1.54) is 5.56 Å². The van der Waals surface area contributed by atoms with Gasteiger partial charge in [-0.1, -0.05) is 27.7 Å². The molecule has 1 rings (SSSR count). The van der Waals surface area contributed by atoms with Gasteiger partial charge in [0.05, 0.1) is 0 Å². The molecule has 19 heavy (non-hydrogen) atoms. The van der Waals surface area contributed by atoms with Crippen LogP contribution in [0.25, 0.3) is 0 Å². The fourth-order valence-electron chi connectivity index (χ4n) is 1.79. The van der Waals surface area contributed by atoms with Gasteiger partial charge in [-0.05, 0) is 37.1 Å². The first-order valence-electron chi connectivity index (χ1n) is 6.98. The molecule has 1 atom stereocenters. The van der Waals surface area contributed by atoms with Crippen molar-refractivity contribution in [1.29, 1.82) is 0 Å². The molecule has 3 nitrogen and oxygen atoms in total. The number of thioether (sulfide) groups is 1. The maximum Gasteiger partial charge on any atom is 0.123 e. The zero-order chi connectivity index (χ0) is 14.3. The minimum absolute atomic E-state index is 0.309. The Balaban J connectivity index is 2.58. The van der Waals surface area contributed by atoms with Crippen LogP contribution in [0, 0.1) is 0 Å². The van der Waals surface area contributed by atoms with Crippen molar-refractivity contribution in [2.45, 2.75) is 51.3 Å². The fraction of sp³-hybridized carbons (Fsp3) is 0.667. The SMILES string of the molecule is CCCNC(CSC(C)(C)C)Cc1ccnc(N)c1. The monoisotopic (exact) mass is 281 g/mol. The highest BCUT2D eigenvalue weighted by molar-refractivity contribution is 8.00. The van der Waals surface area contributed by atoms with E-state index in [2.05, 4.69) is 44.1 Å². The second-order valence-corrected chi connectivity index (χ2v) is 7.71. The summed E-state index contributed by atoms with van der Waals surface area (Å²) in [6.45, 7) is 10.1. The summed E-state index contributed by atoms with van der Waals surface area (Å²) in [5.74, 6) is 1.72. The summed E-state index contributed by atoms with van der Waals surface area (Å²) >= 11 is 2.01. The van der Waals surface area contributed by atoms with E-state index in [9.17, 15) is 0 Å². The molecular weight excluding hydrogens is 254 g/mol. The van der Waals surface area contributed by atoms with Gasteiger partial charge in [0, 0.05) is 22.7 Å². The molecule has 0 aromatic carbocycles. The molecular formula is C15H27N3S. The summed E-state index contributed by atoms with van der Waals surface area (Å²) in [6.07, 6.45) is 3.96. The molecule has 108 valence electrons. The van der Waals surface area contributed by atoms with Crippen LogP contribution in [0.1, 0.15) is 39.7 Å². The first kappa shape index (κ1) is 16.3. The lowest BCUT2D eigenvalue weighted by Crippen LogP contribution is -2.35. The molecule has 0 bridgehead atoms. The molecule has 0 saturated heterocycles. The highest BCUT2D eigenvalue weighted by atomic mass is 32.2. The van der Waals surface area contributed by atoms with Crippen molar-refractivity contribution in [3.8, 4) is 0 Å². The Labute approximate surface area is 121 Å². The van der Waals surface area contributed by atoms with Gasteiger partial charge in [-0.3, -0.25) is 0 Å². The smallest absolute Gasteiger partial charge is 0.123 e. The van der Waals surface area contributed by atoms with Gasteiger partial charge in [-0.2, -0.15) is 11.8 Å². The largest absolute Gasteiger partial charge is 0.384 e. The summed E-state index contributed by atoms with van der Waals surface area (Å²) in [5, 5.41) is 3.63. The maximum atomic E-state index is 5.74. The number of nitrogens with one attached hydrogen (secondary N) is 1. The van der Waals surface area contributed by atoms with Crippen LogP contribution in [-0.2, 0) is 6.42 Å². The maximum absolute atomic E-state index is 5.74. The third-order valence-electron chi connectivity index (χ3n) is 2.73. The summed E-state index contributed by atoms with van der Waals surface area (Å²) in [6, 6.07) is 4.52. The molecule has 1 unspecified atom stereocenters. The number of hydrogen-bond donors (Lipinski definition) is 2. The Hall–Kier alpha value is -0.740. The number of nitrogens with two attached hydrogens (primary N) is 1. The van der Waals surface area contributed by atoms with Crippen LogP contribution < -0.4 is 11.1 Å². The van der Waals surface area contributed by atoms with Gasteiger partial charge in [0.15, 0.2) is 0 Å². The molecule has 3 N–H and O–H groups in total. The van der Waals surface area contributed by atoms with Crippen LogP contribution in [-0.4, -0.2) is 28.1 Å². The molecule has 0 amide bonds. The topological polar surface area (TPSA) is 50.9 Å². The standard InChI is InChI=1S/C15H27N3S/c1-5-7-17-13(11-19-15(2,3)4)9-12-6-8-18-14(16)10-12/h6,8,10,13,17H,5,7,9,11H2,1-4H3,(H2,16,18).